The number of rotatable bonds is 3. The molecule has 1 aromatic rings. The van der Waals surface area contributed by atoms with Gasteiger partial charge < -0.3 is 9.84 Å². The Morgan fingerprint density at radius 3 is 2.87 bits per heavy atom. The van der Waals surface area contributed by atoms with Crippen molar-refractivity contribution in [1.29, 1.82) is 5.26 Å². The molecule has 0 aliphatic heterocycles. The molecular weight excluding hydrogens is 194 g/mol. The predicted molar refractivity (Wildman–Crippen MR) is 54.4 cm³/mol. The number of methoxy groups -OCH3 is 1. The van der Waals surface area contributed by atoms with Gasteiger partial charge in [0.05, 0.1) is 18.7 Å². The SMILES string of the molecule is COc1ccc(C#N)c(C=CC(=O)O)c1. The zero-order valence-corrected chi connectivity index (χ0v) is 8.10. The molecule has 1 rings (SSSR count). The molecule has 1 N–H and O–H groups in total. The number of carboxylic acids is 1. The van der Waals surface area contributed by atoms with E-state index < -0.39 is 5.97 Å². The van der Waals surface area contributed by atoms with Crippen LogP contribution in [0, 0.1) is 11.3 Å². The molecule has 76 valence electrons. The quantitative estimate of drug-likeness (QED) is 0.758. The normalized spacial score (nSPS) is 9.87. The summed E-state index contributed by atoms with van der Waals surface area (Å²) in [5.74, 6) is -0.472. The van der Waals surface area contributed by atoms with Gasteiger partial charge in [0.2, 0.25) is 0 Å². The Balaban J connectivity index is 3.13. The average molecular weight is 203 g/mol. The predicted octanol–water partition coefficient (Wildman–Crippen LogP) is 1.66. The van der Waals surface area contributed by atoms with Crippen molar-refractivity contribution >= 4 is 12.0 Å². The van der Waals surface area contributed by atoms with Gasteiger partial charge in [-0.15, -0.1) is 0 Å². The van der Waals surface area contributed by atoms with Crippen molar-refractivity contribution in [2.24, 2.45) is 0 Å². The molecule has 0 aliphatic rings. The Morgan fingerprint density at radius 1 is 1.60 bits per heavy atom. The second-order valence-corrected chi connectivity index (χ2v) is 2.74. The lowest BCUT2D eigenvalue weighted by Gasteiger charge is -2.02. The maximum atomic E-state index is 10.3. The second kappa shape index (κ2) is 4.82. The lowest BCUT2D eigenvalue weighted by Crippen LogP contribution is -1.89. The number of carboxylic acid groups (broad SMARTS) is 1. The van der Waals surface area contributed by atoms with Crippen molar-refractivity contribution in [3.8, 4) is 11.8 Å². The van der Waals surface area contributed by atoms with Crippen molar-refractivity contribution in [2.45, 2.75) is 0 Å². The summed E-state index contributed by atoms with van der Waals surface area (Å²) in [4.78, 5) is 10.3. The summed E-state index contributed by atoms with van der Waals surface area (Å²) in [6, 6.07) is 6.81. The Kier molecular flexibility index (Phi) is 3.47. The van der Waals surface area contributed by atoms with E-state index in [0.29, 0.717) is 16.9 Å². The highest BCUT2D eigenvalue weighted by Crippen LogP contribution is 2.18. The van der Waals surface area contributed by atoms with Crippen LogP contribution in [-0.4, -0.2) is 18.2 Å². The minimum absolute atomic E-state index is 0.410. The fraction of sp³-hybridized carbons (Fsp3) is 0.0909. The van der Waals surface area contributed by atoms with Crippen LogP contribution in [0.15, 0.2) is 24.3 Å². The number of hydrogen-bond donors (Lipinski definition) is 1. The summed E-state index contributed by atoms with van der Waals surface area (Å²) in [5.41, 5.74) is 0.938. The molecule has 0 fully saturated rings. The number of carbonyl (C=O) groups is 1. The molecule has 0 saturated carbocycles. The summed E-state index contributed by atoms with van der Waals surface area (Å²) in [5, 5.41) is 17.2. The number of hydrogen-bond acceptors (Lipinski definition) is 3. The molecule has 4 nitrogen and oxygen atoms in total. The molecular formula is C11H9NO3. The van der Waals surface area contributed by atoms with E-state index in [9.17, 15) is 4.79 Å². The van der Waals surface area contributed by atoms with Gasteiger partial charge in [0.1, 0.15) is 5.75 Å². The first kappa shape index (κ1) is 10.8. The molecule has 0 aliphatic carbocycles. The third-order valence-electron chi connectivity index (χ3n) is 1.78. The lowest BCUT2D eigenvalue weighted by molar-refractivity contribution is -0.131. The summed E-state index contributed by atoms with van der Waals surface area (Å²) in [6.45, 7) is 0. The van der Waals surface area contributed by atoms with Crippen LogP contribution in [0.3, 0.4) is 0 Å². The van der Waals surface area contributed by atoms with Gasteiger partial charge in [-0.25, -0.2) is 4.79 Å². The minimum Gasteiger partial charge on any atom is -0.497 e. The van der Waals surface area contributed by atoms with Gasteiger partial charge in [-0.1, -0.05) is 0 Å². The van der Waals surface area contributed by atoms with Gasteiger partial charge in [0, 0.05) is 6.08 Å². The highest BCUT2D eigenvalue weighted by molar-refractivity contribution is 5.86. The fourth-order valence-electron chi connectivity index (χ4n) is 1.07. The van der Waals surface area contributed by atoms with Crippen molar-refractivity contribution in [1.82, 2.24) is 0 Å². The summed E-state index contributed by atoms with van der Waals surface area (Å²) in [6.07, 6.45) is 2.35. The van der Waals surface area contributed by atoms with E-state index in [2.05, 4.69) is 0 Å². The molecule has 0 amide bonds. The van der Waals surface area contributed by atoms with Crippen molar-refractivity contribution in [3.05, 3.63) is 35.4 Å². The first-order chi connectivity index (χ1) is 7.17. The van der Waals surface area contributed by atoms with Crippen molar-refractivity contribution in [2.75, 3.05) is 7.11 Å². The van der Waals surface area contributed by atoms with E-state index in [1.165, 1.54) is 13.2 Å². The van der Waals surface area contributed by atoms with E-state index in [1.807, 2.05) is 6.07 Å². The van der Waals surface area contributed by atoms with Crippen LogP contribution >= 0.6 is 0 Å². The Hall–Kier alpha value is -2.28. The number of aliphatic carboxylic acids is 1. The van der Waals surface area contributed by atoms with Crippen LogP contribution in [-0.2, 0) is 4.79 Å². The van der Waals surface area contributed by atoms with Crippen LogP contribution < -0.4 is 4.74 Å². The maximum Gasteiger partial charge on any atom is 0.328 e. The zero-order valence-electron chi connectivity index (χ0n) is 8.10. The third-order valence-corrected chi connectivity index (χ3v) is 1.78. The molecule has 0 aromatic heterocycles. The van der Waals surface area contributed by atoms with Crippen molar-refractivity contribution in [3.63, 3.8) is 0 Å². The van der Waals surface area contributed by atoms with Gasteiger partial charge in [-0.2, -0.15) is 5.26 Å². The van der Waals surface area contributed by atoms with Crippen LogP contribution in [0.5, 0.6) is 5.75 Å². The molecule has 0 radical (unpaired) electrons. The molecule has 4 heteroatoms. The van der Waals surface area contributed by atoms with Gasteiger partial charge in [0.25, 0.3) is 0 Å². The number of nitriles is 1. The molecule has 0 bridgehead atoms. The van der Waals surface area contributed by atoms with E-state index in [4.69, 9.17) is 15.1 Å². The Labute approximate surface area is 87.0 Å². The molecule has 1 aromatic carbocycles. The number of ether oxygens (including phenoxy) is 1. The van der Waals surface area contributed by atoms with E-state index in [0.717, 1.165) is 6.08 Å². The third kappa shape index (κ3) is 2.85. The van der Waals surface area contributed by atoms with Gasteiger partial charge in [0.15, 0.2) is 0 Å². The van der Waals surface area contributed by atoms with Gasteiger partial charge in [-0.05, 0) is 29.8 Å². The standard InChI is InChI=1S/C11H9NO3/c1-15-10-4-2-9(7-12)8(6-10)3-5-11(13)14/h2-6H,1H3,(H,13,14). The average Bonchev–Trinajstić information content (AvgIpc) is 2.25. The van der Waals surface area contributed by atoms with Crippen LogP contribution in [0.1, 0.15) is 11.1 Å². The smallest absolute Gasteiger partial charge is 0.328 e. The Morgan fingerprint density at radius 2 is 2.33 bits per heavy atom. The Bertz CT molecular complexity index is 444. The lowest BCUT2D eigenvalue weighted by atomic mass is 10.1. The number of nitrogens with zero attached hydrogens (tertiary/aromatic N) is 1. The van der Waals surface area contributed by atoms with Crippen LogP contribution in [0.2, 0.25) is 0 Å². The van der Waals surface area contributed by atoms with Crippen LogP contribution in [0.4, 0.5) is 0 Å². The molecule has 0 heterocycles. The topological polar surface area (TPSA) is 70.3 Å². The first-order valence-corrected chi connectivity index (χ1v) is 4.16. The van der Waals surface area contributed by atoms with Crippen LogP contribution in [0.25, 0.3) is 6.08 Å². The van der Waals surface area contributed by atoms with E-state index in [1.54, 1.807) is 18.2 Å². The maximum absolute atomic E-state index is 10.3. The highest BCUT2D eigenvalue weighted by Gasteiger charge is 2.01. The minimum atomic E-state index is -1.05. The largest absolute Gasteiger partial charge is 0.497 e. The summed E-state index contributed by atoms with van der Waals surface area (Å²) < 4.78 is 4.97. The summed E-state index contributed by atoms with van der Waals surface area (Å²) >= 11 is 0. The first-order valence-electron chi connectivity index (χ1n) is 4.16. The molecule has 15 heavy (non-hydrogen) atoms. The van der Waals surface area contributed by atoms with Gasteiger partial charge in [-0.3, -0.25) is 0 Å². The second-order valence-electron chi connectivity index (χ2n) is 2.74. The highest BCUT2D eigenvalue weighted by atomic mass is 16.5. The monoisotopic (exact) mass is 203 g/mol. The van der Waals surface area contributed by atoms with Crippen molar-refractivity contribution < 1.29 is 14.6 Å². The zero-order chi connectivity index (χ0) is 11.3. The molecule has 0 atom stereocenters. The molecule has 0 unspecified atom stereocenters. The van der Waals surface area contributed by atoms with Gasteiger partial charge >= 0.3 is 5.97 Å². The molecule has 0 saturated heterocycles. The summed E-state index contributed by atoms with van der Waals surface area (Å²) in [7, 11) is 1.51. The fourth-order valence-corrected chi connectivity index (χ4v) is 1.07. The number of benzene rings is 1. The van der Waals surface area contributed by atoms with E-state index in [-0.39, 0.29) is 0 Å². The van der Waals surface area contributed by atoms with E-state index >= 15 is 0 Å². The molecule has 0 spiro atoms.